The highest BCUT2D eigenvalue weighted by Crippen LogP contribution is 2.30. The molecule has 0 spiro atoms. The summed E-state index contributed by atoms with van der Waals surface area (Å²) in [6.07, 6.45) is 4.42. The predicted octanol–water partition coefficient (Wildman–Crippen LogP) is 1.18. The SMILES string of the molecule is C1CC2CNC2C1.Cl. The van der Waals surface area contributed by atoms with Crippen LogP contribution in [0.2, 0.25) is 0 Å². The molecule has 1 aliphatic heterocycles. The summed E-state index contributed by atoms with van der Waals surface area (Å²) >= 11 is 0. The van der Waals surface area contributed by atoms with Crippen LogP contribution < -0.4 is 5.32 Å². The minimum absolute atomic E-state index is 0. The van der Waals surface area contributed by atoms with E-state index in [2.05, 4.69) is 5.32 Å². The molecule has 0 bridgehead atoms. The van der Waals surface area contributed by atoms with Gasteiger partial charge in [0.15, 0.2) is 0 Å². The number of fused-ring (bicyclic) bond motifs is 1. The fourth-order valence-electron chi connectivity index (χ4n) is 1.69. The van der Waals surface area contributed by atoms with Crippen molar-refractivity contribution in [1.29, 1.82) is 0 Å². The van der Waals surface area contributed by atoms with Gasteiger partial charge in [-0.15, -0.1) is 12.4 Å². The average Bonchev–Trinajstić information content (AvgIpc) is 1.85. The van der Waals surface area contributed by atoms with Crippen LogP contribution >= 0.6 is 12.4 Å². The molecule has 2 atom stereocenters. The van der Waals surface area contributed by atoms with Crippen molar-refractivity contribution >= 4 is 12.4 Å². The Hall–Kier alpha value is 0.250. The topological polar surface area (TPSA) is 12.0 Å². The molecular weight excluding hydrogens is 122 g/mol. The predicted molar refractivity (Wildman–Crippen MR) is 36.4 cm³/mol. The Labute approximate surface area is 56.3 Å². The van der Waals surface area contributed by atoms with Gasteiger partial charge in [-0.05, 0) is 25.3 Å². The first-order valence-electron chi connectivity index (χ1n) is 3.20. The summed E-state index contributed by atoms with van der Waals surface area (Å²) in [6, 6.07) is 0.944. The van der Waals surface area contributed by atoms with Gasteiger partial charge in [0, 0.05) is 6.04 Å². The van der Waals surface area contributed by atoms with Crippen molar-refractivity contribution in [3.63, 3.8) is 0 Å². The lowest BCUT2D eigenvalue weighted by molar-refractivity contribution is 0.274. The molecule has 2 unspecified atom stereocenters. The van der Waals surface area contributed by atoms with Gasteiger partial charge in [0.1, 0.15) is 0 Å². The number of nitrogens with one attached hydrogen (secondary N) is 1. The molecule has 2 aliphatic rings. The second kappa shape index (κ2) is 2.24. The standard InChI is InChI=1S/C6H11N.ClH/c1-2-5-4-7-6(5)3-1;/h5-7H,1-4H2;1H. The molecule has 0 aromatic carbocycles. The minimum Gasteiger partial charge on any atom is -0.313 e. The first-order chi connectivity index (χ1) is 3.47. The lowest BCUT2D eigenvalue weighted by atomic mass is 9.96. The first-order valence-corrected chi connectivity index (χ1v) is 3.20. The van der Waals surface area contributed by atoms with Crippen LogP contribution in [0.1, 0.15) is 19.3 Å². The van der Waals surface area contributed by atoms with Crippen molar-refractivity contribution in [3.05, 3.63) is 0 Å². The van der Waals surface area contributed by atoms with Gasteiger partial charge in [-0.3, -0.25) is 0 Å². The monoisotopic (exact) mass is 133 g/mol. The van der Waals surface area contributed by atoms with Crippen LogP contribution in [-0.4, -0.2) is 12.6 Å². The number of rotatable bonds is 0. The molecule has 2 heteroatoms. The van der Waals surface area contributed by atoms with Crippen LogP contribution in [0.5, 0.6) is 0 Å². The van der Waals surface area contributed by atoms with Gasteiger partial charge in [0.2, 0.25) is 0 Å². The van der Waals surface area contributed by atoms with Crippen molar-refractivity contribution in [3.8, 4) is 0 Å². The fraction of sp³-hybridized carbons (Fsp3) is 1.00. The molecular formula is C6H12ClN. The highest BCUT2D eigenvalue weighted by molar-refractivity contribution is 5.85. The van der Waals surface area contributed by atoms with Crippen molar-refractivity contribution in [2.24, 2.45) is 5.92 Å². The third-order valence-electron chi connectivity index (χ3n) is 2.30. The lowest BCUT2D eigenvalue weighted by Gasteiger charge is -2.31. The van der Waals surface area contributed by atoms with E-state index in [1.165, 1.54) is 25.8 Å². The maximum Gasteiger partial charge on any atom is 0.0108 e. The molecule has 2 fully saturated rings. The van der Waals surface area contributed by atoms with E-state index in [4.69, 9.17) is 0 Å². The Kier molecular flexibility index (Phi) is 1.78. The van der Waals surface area contributed by atoms with Gasteiger partial charge in [0.25, 0.3) is 0 Å². The Morgan fingerprint density at radius 2 is 2.12 bits per heavy atom. The van der Waals surface area contributed by atoms with E-state index in [9.17, 15) is 0 Å². The molecule has 2 rings (SSSR count). The van der Waals surface area contributed by atoms with Crippen LogP contribution in [0.3, 0.4) is 0 Å². The molecule has 8 heavy (non-hydrogen) atoms. The van der Waals surface area contributed by atoms with Gasteiger partial charge in [0.05, 0.1) is 0 Å². The van der Waals surface area contributed by atoms with E-state index in [0.717, 1.165) is 12.0 Å². The molecule has 1 saturated carbocycles. The van der Waals surface area contributed by atoms with E-state index < -0.39 is 0 Å². The summed E-state index contributed by atoms with van der Waals surface area (Å²) < 4.78 is 0. The highest BCUT2D eigenvalue weighted by atomic mass is 35.5. The summed E-state index contributed by atoms with van der Waals surface area (Å²) in [4.78, 5) is 0. The molecule has 0 amide bonds. The van der Waals surface area contributed by atoms with Crippen molar-refractivity contribution in [2.45, 2.75) is 25.3 Å². The van der Waals surface area contributed by atoms with E-state index in [1.807, 2.05) is 0 Å². The van der Waals surface area contributed by atoms with Crippen LogP contribution in [0.25, 0.3) is 0 Å². The van der Waals surface area contributed by atoms with E-state index >= 15 is 0 Å². The Morgan fingerprint density at radius 1 is 1.25 bits per heavy atom. The Bertz CT molecular complexity index is 74.6. The number of hydrogen-bond donors (Lipinski definition) is 1. The van der Waals surface area contributed by atoms with Crippen LogP contribution in [0.4, 0.5) is 0 Å². The summed E-state index contributed by atoms with van der Waals surface area (Å²) in [6.45, 7) is 1.31. The molecule has 1 aliphatic carbocycles. The quantitative estimate of drug-likeness (QED) is 0.524. The molecule has 1 saturated heterocycles. The molecule has 0 aromatic rings. The van der Waals surface area contributed by atoms with Crippen molar-refractivity contribution < 1.29 is 0 Å². The van der Waals surface area contributed by atoms with Crippen molar-refractivity contribution in [2.75, 3.05) is 6.54 Å². The highest BCUT2D eigenvalue weighted by Gasteiger charge is 2.33. The Morgan fingerprint density at radius 3 is 2.38 bits per heavy atom. The first kappa shape index (κ1) is 6.37. The third-order valence-corrected chi connectivity index (χ3v) is 2.30. The average molecular weight is 134 g/mol. The van der Waals surface area contributed by atoms with Crippen LogP contribution in [0.15, 0.2) is 0 Å². The summed E-state index contributed by atoms with van der Waals surface area (Å²) in [7, 11) is 0. The summed E-state index contributed by atoms with van der Waals surface area (Å²) in [5.41, 5.74) is 0. The molecule has 1 nitrogen and oxygen atoms in total. The number of halogens is 1. The van der Waals surface area contributed by atoms with Gasteiger partial charge < -0.3 is 5.32 Å². The zero-order valence-corrected chi connectivity index (χ0v) is 5.71. The van der Waals surface area contributed by atoms with Gasteiger partial charge >= 0.3 is 0 Å². The van der Waals surface area contributed by atoms with Crippen LogP contribution in [-0.2, 0) is 0 Å². The zero-order chi connectivity index (χ0) is 4.69. The van der Waals surface area contributed by atoms with Crippen LogP contribution in [0, 0.1) is 5.92 Å². The largest absolute Gasteiger partial charge is 0.313 e. The molecule has 0 aromatic heterocycles. The minimum atomic E-state index is 0. The zero-order valence-electron chi connectivity index (χ0n) is 4.89. The molecule has 48 valence electrons. The lowest BCUT2D eigenvalue weighted by Crippen LogP contribution is -2.49. The summed E-state index contributed by atoms with van der Waals surface area (Å²) in [5.74, 6) is 1.08. The van der Waals surface area contributed by atoms with Gasteiger partial charge in [-0.2, -0.15) is 0 Å². The van der Waals surface area contributed by atoms with Gasteiger partial charge in [-0.1, -0.05) is 6.42 Å². The van der Waals surface area contributed by atoms with Crippen molar-refractivity contribution in [1.82, 2.24) is 5.32 Å². The summed E-state index contributed by atoms with van der Waals surface area (Å²) in [5, 5.41) is 3.41. The second-order valence-corrected chi connectivity index (χ2v) is 2.71. The maximum atomic E-state index is 3.41. The third kappa shape index (κ3) is 0.741. The fourth-order valence-corrected chi connectivity index (χ4v) is 1.69. The van der Waals surface area contributed by atoms with Gasteiger partial charge in [-0.25, -0.2) is 0 Å². The maximum absolute atomic E-state index is 3.41. The van der Waals surface area contributed by atoms with E-state index in [1.54, 1.807) is 0 Å². The van der Waals surface area contributed by atoms with E-state index in [0.29, 0.717) is 0 Å². The normalized spacial score (nSPS) is 42.0. The second-order valence-electron chi connectivity index (χ2n) is 2.71. The molecule has 1 heterocycles. The number of hydrogen-bond acceptors (Lipinski definition) is 1. The molecule has 1 N–H and O–H groups in total. The Balaban J connectivity index is 0.000000320. The van der Waals surface area contributed by atoms with E-state index in [-0.39, 0.29) is 12.4 Å². The molecule has 0 radical (unpaired) electrons. The smallest absolute Gasteiger partial charge is 0.0108 e.